The zero-order valence-electron chi connectivity index (χ0n) is 9.74. The van der Waals surface area contributed by atoms with Crippen LogP contribution in [0.5, 0.6) is 0 Å². The molecule has 1 N–H and O–H groups in total. The number of hydrogen-bond donors (Lipinski definition) is 1. The van der Waals surface area contributed by atoms with Crippen LogP contribution in [0.3, 0.4) is 0 Å². The first-order chi connectivity index (χ1) is 8.54. The fourth-order valence-corrected chi connectivity index (χ4v) is 2.85. The quantitative estimate of drug-likeness (QED) is 0.499. The summed E-state index contributed by atoms with van der Waals surface area (Å²) >= 11 is 13.6. The molecular weight excluding hydrogens is 291 g/mol. The molecule has 0 fully saturated rings. The predicted octanol–water partition coefficient (Wildman–Crippen LogP) is 4.62. The molecule has 18 heavy (non-hydrogen) atoms. The molecular formula is C12H10Cl2N2OS. The van der Waals surface area contributed by atoms with Crippen molar-refractivity contribution in [3.63, 3.8) is 0 Å². The van der Waals surface area contributed by atoms with Crippen LogP contribution in [-0.2, 0) is 0 Å². The van der Waals surface area contributed by atoms with E-state index in [1.807, 2.05) is 19.1 Å². The molecule has 0 unspecified atom stereocenters. The molecule has 0 atom stereocenters. The molecule has 0 amide bonds. The molecule has 0 spiro atoms. The highest BCUT2D eigenvalue weighted by Gasteiger charge is 2.17. The molecule has 0 bridgehead atoms. The third kappa shape index (κ3) is 2.36. The van der Waals surface area contributed by atoms with Gasteiger partial charge in [0.05, 0.1) is 31.3 Å². The van der Waals surface area contributed by atoms with Crippen molar-refractivity contribution in [2.24, 2.45) is 5.16 Å². The van der Waals surface area contributed by atoms with E-state index in [1.165, 1.54) is 11.3 Å². The molecule has 94 valence electrons. The fourth-order valence-electron chi connectivity index (χ4n) is 1.59. The van der Waals surface area contributed by atoms with E-state index in [0.29, 0.717) is 21.5 Å². The Kier molecular flexibility index (Phi) is 3.90. The van der Waals surface area contributed by atoms with Gasteiger partial charge in [0.25, 0.3) is 0 Å². The average molecular weight is 301 g/mol. The maximum Gasteiger partial charge on any atom is 0.0959 e. The molecule has 1 aromatic carbocycles. The first-order valence-electron chi connectivity index (χ1n) is 5.15. The molecule has 2 rings (SSSR count). The Labute approximate surface area is 119 Å². The van der Waals surface area contributed by atoms with Crippen LogP contribution >= 0.6 is 34.5 Å². The highest BCUT2D eigenvalue weighted by atomic mass is 35.5. The predicted molar refractivity (Wildman–Crippen MR) is 76.3 cm³/mol. The normalized spacial score (nSPS) is 11.9. The molecule has 0 radical (unpaired) electrons. The number of oxime groups is 1. The van der Waals surface area contributed by atoms with Gasteiger partial charge in [0, 0.05) is 5.56 Å². The van der Waals surface area contributed by atoms with Crippen LogP contribution < -0.4 is 0 Å². The molecule has 0 saturated heterocycles. The van der Waals surface area contributed by atoms with E-state index in [-0.39, 0.29) is 0 Å². The van der Waals surface area contributed by atoms with E-state index in [2.05, 4.69) is 10.1 Å². The zero-order valence-corrected chi connectivity index (χ0v) is 12.1. The second-order valence-electron chi connectivity index (χ2n) is 3.70. The van der Waals surface area contributed by atoms with Crippen molar-refractivity contribution in [2.75, 3.05) is 0 Å². The van der Waals surface area contributed by atoms with Crippen molar-refractivity contribution in [3.8, 4) is 11.3 Å². The second-order valence-corrected chi connectivity index (χ2v) is 5.69. The molecule has 0 saturated carbocycles. The summed E-state index contributed by atoms with van der Waals surface area (Å²) in [6.45, 7) is 3.61. The van der Waals surface area contributed by atoms with Gasteiger partial charge in [-0.3, -0.25) is 0 Å². The van der Waals surface area contributed by atoms with Crippen LogP contribution in [0.15, 0.2) is 23.4 Å². The number of rotatable bonds is 2. The lowest BCUT2D eigenvalue weighted by molar-refractivity contribution is 0.319. The summed E-state index contributed by atoms with van der Waals surface area (Å²) in [4.78, 5) is 5.23. The molecule has 0 aliphatic rings. The lowest BCUT2D eigenvalue weighted by atomic mass is 10.1. The van der Waals surface area contributed by atoms with Gasteiger partial charge in [-0.15, -0.1) is 11.3 Å². The topological polar surface area (TPSA) is 45.5 Å². The summed E-state index contributed by atoms with van der Waals surface area (Å²) in [6.07, 6.45) is 0. The molecule has 3 nitrogen and oxygen atoms in total. The summed E-state index contributed by atoms with van der Waals surface area (Å²) in [7, 11) is 0. The van der Waals surface area contributed by atoms with Crippen LogP contribution in [0.2, 0.25) is 10.0 Å². The maximum atomic E-state index is 8.90. The number of thiazole rings is 1. The average Bonchev–Trinajstić information content (AvgIpc) is 2.73. The van der Waals surface area contributed by atoms with Crippen LogP contribution in [0, 0.1) is 6.92 Å². The Balaban J connectivity index is 2.68. The van der Waals surface area contributed by atoms with Gasteiger partial charge in [-0.1, -0.05) is 40.5 Å². The Morgan fingerprint density at radius 2 is 2.11 bits per heavy atom. The SMILES string of the molecule is C/C(=N\O)c1sc(C)nc1-c1cccc(Cl)c1Cl. The first-order valence-corrected chi connectivity index (χ1v) is 6.72. The lowest BCUT2D eigenvalue weighted by Crippen LogP contribution is -1.94. The molecule has 2 aromatic rings. The molecule has 6 heteroatoms. The maximum absolute atomic E-state index is 8.90. The number of halogens is 2. The summed E-state index contributed by atoms with van der Waals surface area (Å²) in [5, 5.41) is 13.9. The van der Waals surface area contributed by atoms with Gasteiger partial charge in [-0.2, -0.15) is 0 Å². The van der Waals surface area contributed by atoms with Gasteiger partial charge in [0.1, 0.15) is 0 Å². The van der Waals surface area contributed by atoms with E-state index in [9.17, 15) is 0 Å². The standard InChI is InChI=1S/C12H10Cl2N2OS/c1-6(16-17)12-11(15-7(2)18-12)8-4-3-5-9(13)10(8)14/h3-5,17H,1-2H3/b16-6+. The summed E-state index contributed by atoms with van der Waals surface area (Å²) in [6, 6.07) is 5.38. The smallest absolute Gasteiger partial charge is 0.0959 e. The summed E-state index contributed by atoms with van der Waals surface area (Å²) in [5.41, 5.74) is 1.94. The van der Waals surface area contributed by atoms with Crippen molar-refractivity contribution < 1.29 is 5.21 Å². The Morgan fingerprint density at radius 3 is 2.78 bits per heavy atom. The number of hydrogen-bond acceptors (Lipinski definition) is 4. The van der Waals surface area contributed by atoms with Crippen molar-refractivity contribution in [1.82, 2.24) is 4.98 Å². The van der Waals surface area contributed by atoms with Crippen LogP contribution in [-0.4, -0.2) is 15.9 Å². The summed E-state index contributed by atoms with van der Waals surface area (Å²) < 4.78 is 0. The summed E-state index contributed by atoms with van der Waals surface area (Å²) in [5.74, 6) is 0. The minimum atomic E-state index is 0.455. The van der Waals surface area contributed by atoms with Gasteiger partial charge in [0.15, 0.2) is 0 Å². The van der Waals surface area contributed by atoms with E-state index >= 15 is 0 Å². The monoisotopic (exact) mass is 300 g/mol. The molecule has 0 aliphatic carbocycles. The highest BCUT2D eigenvalue weighted by Crippen LogP contribution is 2.36. The fraction of sp³-hybridized carbons (Fsp3) is 0.167. The van der Waals surface area contributed by atoms with Crippen LogP contribution in [0.4, 0.5) is 0 Å². The van der Waals surface area contributed by atoms with Crippen LogP contribution in [0.25, 0.3) is 11.3 Å². The third-order valence-electron chi connectivity index (χ3n) is 2.42. The second kappa shape index (κ2) is 5.26. The van der Waals surface area contributed by atoms with Crippen molar-refractivity contribution in [3.05, 3.63) is 38.1 Å². The van der Waals surface area contributed by atoms with E-state index in [4.69, 9.17) is 28.4 Å². The molecule has 1 heterocycles. The van der Waals surface area contributed by atoms with Gasteiger partial charge in [-0.05, 0) is 19.9 Å². The van der Waals surface area contributed by atoms with Crippen LogP contribution in [0.1, 0.15) is 16.8 Å². The third-order valence-corrected chi connectivity index (χ3v) is 4.32. The van der Waals surface area contributed by atoms with E-state index < -0.39 is 0 Å². The largest absolute Gasteiger partial charge is 0.411 e. The van der Waals surface area contributed by atoms with Crippen molar-refractivity contribution >= 4 is 40.3 Å². The number of aryl methyl sites for hydroxylation is 1. The number of nitrogens with zero attached hydrogens (tertiary/aromatic N) is 2. The molecule has 0 aliphatic heterocycles. The Bertz CT molecular complexity index is 623. The Morgan fingerprint density at radius 1 is 1.39 bits per heavy atom. The van der Waals surface area contributed by atoms with Gasteiger partial charge in [0.2, 0.25) is 0 Å². The molecule has 1 aromatic heterocycles. The van der Waals surface area contributed by atoms with Crippen molar-refractivity contribution in [2.45, 2.75) is 13.8 Å². The van der Waals surface area contributed by atoms with E-state index in [0.717, 1.165) is 15.4 Å². The first kappa shape index (κ1) is 13.3. The van der Waals surface area contributed by atoms with Crippen molar-refractivity contribution in [1.29, 1.82) is 0 Å². The number of aromatic nitrogens is 1. The lowest BCUT2D eigenvalue weighted by Gasteiger charge is -2.05. The zero-order chi connectivity index (χ0) is 13.3. The van der Waals surface area contributed by atoms with E-state index in [1.54, 1.807) is 13.0 Å². The minimum absolute atomic E-state index is 0.455. The minimum Gasteiger partial charge on any atom is -0.411 e. The highest BCUT2D eigenvalue weighted by molar-refractivity contribution is 7.14. The van der Waals surface area contributed by atoms with Gasteiger partial charge >= 0.3 is 0 Å². The Hall–Kier alpha value is -1.10. The number of benzene rings is 1. The van der Waals surface area contributed by atoms with Gasteiger partial charge in [-0.25, -0.2) is 4.98 Å². The van der Waals surface area contributed by atoms with Gasteiger partial charge < -0.3 is 5.21 Å².